The number of halogens is 2. The molecule has 0 bridgehead atoms. The average Bonchev–Trinajstić information content (AvgIpc) is 2.81. The molecule has 0 saturated carbocycles. The van der Waals surface area contributed by atoms with Gasteiger partial charge in [0.1, 0.15) is 4.34 Å². The topological polar surface area (TPSA) is 49.4 Å². The highest BCUT2D eigenvalue weighted by Gasteiger charge is 2.20. The molecule has 0 saturated heterocycles. The third-order valence-electron chi connectivity index (χ3n) is 3.36. The Morgan fingerprint density at radius 1 is 1.22 bits per heavy atom. The highest BCUT2D eigenvalue weighted by atomic mass is 35.5. The lowest BCUT2D eigenvalue weighted by Crippen LogP contribution is -2.35. The zero-order valence-electron chi connectivity index (χ0n) is 12.9. The van der Waals surface area contributed by atoms with Gasteiger partial charge in [-0.2, -0.15) is 0 Å². The van der Waals surface area contributed by atoms with Crippen molar-refractivity contribution in [1.29, 1.82) is 0 Å². The molecule has 0 radical (unpaired) electrons. The van der Waals surface area contributed by atoms with E-state index in [1.807, 2.05) is 32.0 Å². The smallest absolute Gasteiger partial charge is 0.256 e. The fourth-order valence-corrected chi connectivity index (χ4v) is 3.62. The van der Waals surface area contributed by atoms with Gasteiger partial charge in [-0.3, -0.25) is 9.59 Å². The first-order valence-electron chi connectivity index (χ1n) is 6.86. The molecular weight excluding hydrogens is 355 g/mol. The van der Waals surface area contributed by atoms with Crippen molar-refractivity contribution >= 4 is 52.0 Å². The molecule has 2 rings (SSSR count). The largest absolute Gasteiger partial charge is 0.332 e. The predicted molar refractivity (Wildman–Crippen MR) is 95.8 cm³/mol. The van der Waals surface area contributed by atoms with Crippen LogP contribution in [0.5, 0.6) is 0 Å². The predicted octanol–water partition coefficient (Wildman–Crippen LogP) is 4.38. The van der Waals surface area contributed by atoms with Crippen LogP contribution in [-0.4, -0.2) is 30.3 Å². The van der Waals surface area contributed by atoms with E-state index in [4.69, 9.17) is 23.2 Å². The summed E-state index contributed by atoms with van der Waals surface area (Å²) in [6, 6.07) is 7.28. The van der Waals surface area contributed by atoms with Crippen molar-refractivity contribution in [2.45, 2.75) is 13.8 Å². The van der Waals surface area contributed by atoms with Crippen molar-refractivity contribution in [3.8, 4) is 0 Å². The maximum atomic E-state index is 12.3. The van der Waals surface area contributed by atoms with Crippen molar-refractivity contribution in [2.75, 3.05) is 18.9 Å². The summed E-state index contributed by atoms with van der Waals surface area (Å²) in [7, 11) is 1.55. The van der Waals surface area contributed by atoms with E-state index >= 15 is 0 Å². The maximum absolute atomic E-state index is 12.3. The Morgan fingerprint density at radius 2 is 1.83 bits per heavy atom. The summed E-state index contributed by atoms with van der Waals surface area (Å²) >= 11 is 12.9. The Morgan fingerprint density at radius 3 is 2.35 bits per heavy atom. The molecule has 4 nitrogen and oxygen atoms in total. The van der Waals surface area contributed by atoms with Crippen molar-refractivity contribution in [3.63, 3.8) is 0 Å². The van der Waals surface area contributed by atoms with Gasteiger partial charge in [-0.15, -0.1) is 11.3 Å². The normalized spacial score (nSPS) is 10.5. The first-order chi connectivity index (χ1) is 10.8. The molecular formula is C16H16Cl2N2O2S. The number of anilines is 1. The molecule has 122 valence electrons. The van der Waals surface area contributed by atoms with Gasteiger partial charge in [-0.1, -0.05) is 41.4 Å². The summed E-state index contributed by atoms with van der Waals surface area (Å²) in [5.74, 6) is -0.606. The van der Waals surface area contributed by atoms with Crippen LogP contribution in [-0.2, 0) is 4.79 Å². The van der Waals surface area contributed by atoms with Gasteiger partial charge in [0, 0.05) is 12.7 Å². The van der Waals surface area contributed by atoms with Gasteiger partial charge < -0.3 is 10.2 Å². The van der Waals surface area contributed by atoms with Gasteiger partial charge in [-0.25, -0.2) is 0 Å². The Labute approximate surface area is 149 Å². The molecule has 0 spiro atoms. The Balaban J connectivity index is 2.05. The van der Waals surface area contributed by atoms with E-state index in [2.05, 4.69) is 5.32 Å². The van der Waals surface area contributed by atoms with Crippen molar-refractivity contribution < 1.29 is 9.59 Å². The van der Waals surface area contributed by atoms with Gasteiger partial charge in [0.05, 0.1) is 16.4 Å². The minimum Gasteiger partial charge on any atom is -0.332 e. The molecule has 2 amide bonds. The first-order valence-corrected chi connectivity index (χ1v) is 8.43. The highest BCUT2D eigenvalue weighted by molar-refractivity contribution is 7.20. The number of hydrogen-bond donors (Lipinski definition) is 1. The molecule has 0 aliphatic rings. The molecule has 0 fully saturated rings. The van der Waals surface area contributed by atoms with E-state index < -0.39 is 0 Å². The van der Waals surface area contributed by atoms with Crippen LogP contribution in [0.1, 0.15) is 21.5 Å². The molecule has 1 aromatic carbocycles. The number of likely N-dealkylation sites (N-methyl/N-ethyl adjacent to an activating group) is 1. The van der Waals surface area contributed by atoms with Gasteiger partial charge >= 0.3 is 0 Å². The third kappa shape index (κ3) is 4.25. The van der Waals surface area contributed by atoms with Gasteiger partial charge in [-0.05, 0) is 31.0 Å². The van der Waals surface area contributed by atoms with Gasteiger partial charge in [0.25, 0.3) is 5.91 Å². The Hall–Kier alpha value is -1.56. The number of amides is 2. The monoisotopic (exact) mass is 370 g/mol. The molecule has 7 heteroatoms. The van der Waals surface area contributed by atoms with E-state index in [0.717, 1.165) is 28.2 Å². The minimum absolute atomic E-state index is 0.0730. The standard InChI is InChI=1S/C16H16Cl2N2O2S/c1-9-5-4-6-10(2)14(9)19-13(21)8-20(3)16(22)11-7-12(17)23-15(11)18/h4-7H,8H2,1-3H3,(H,19,21). The van der Waals surface area contributed by atoms with E-state index in [0.29, 0.717) is 14.2 Å². The van der Waals surface area contributed by atoms with Crippen molar-refractivity contribution in [3.05, 3.63) is 49.6 Å². The molecule has 2 aromatic rings. The molecule has 1 heterocycles. The number of nitrogens with one attached hydrogen (secondary N) is 1. The van der Waals surface area contributed by atoms with E-state index in [9.17, 15) is 9.59 Å². The zero-order valence-corrected chi connectivity index (χ0v) is 15.3. The van der Waals surface area contributed by atoms with Crippen LogP contribution in [0.4, 0.5) is 5.69 Å². The Kier molecular flexibility index (Phi) is 5.68. The summed E-state index contributed by atoms with van der Waals surface area (Å²) in [6.45, 7) is 3.77. The number of carbonyl (C=O) groups is 2. The van der Waals surface area contributed by atoms with E-state index in [1.165, 1.54) is 11.0 Å². The number of hydrogen-bond acceptors (Lipinski definition) is 3. The first kappa shape index (κ1) is 17.8. The summed E-state index contributed by atoms with van der Waals surface area (Å²) < 4.78 is 0.758. The van der Waals surface area contributed by atoms with Crippen LogP contribution in [0.3, 0.4) is 0 Å². The lowest BCUT2D eigenvalue weighted by Gasteiger charge is -2.18. The second-order valence-electron chi connectivity index (χ2n) is 5.21. The van der Waals surface area contributed by atoms with Crippen LogP contribution in [0.2, 0.25) is 8.67 Å². The van der Waals surface area contributed by atoms with Crippen molar-refractivity contribution in [1.82, 2.24) is 4.90 Å². The lowest BCUT2D eigenvalue weighted by molar-refractivity contribution is -0.116. The van der Waals surface area contributed by atoms with E-state index in [1.54, 1.807) is 7.05 Å². The number of rotatable bonds is 4. The fourth-order valence-electron chi connectivity index (χ4n) is 2.17. The summed E-state index contributed by atoms with van der Waals surface area (Å²) in [6.07, 6.45) is 0. The van der Waals surface area contributed by atoms with Crippen LogP contribution in [0.15, 0.2) is 24.3 Å². The second kappa shape index (κ2) is 7.34. The quantitative estimate of drug-likeness (QED) is 0.867. The number of carbonyl (C=O) groups excluding carboxylic acids is 2. The summed E-state index contributed by atoms with van der Waals surface area (Å²) in [4.78, 5) is 25.8. The molecule has 0 aliphatic carbocycles. The number of thiophene rings is 1. The van der Waals surface area contributed by atoms with Gasteiger partial charge in [0.15, 0.2) is 0 Å². The van der Waals surface area contributed by atoms with E-state index in [-0.39, 0.29) is 18.4 Å². The van der Waals surface area contributed by atoms with Crippen LogP contribution in [0.25, 0.3) is 0 Å². The third-order valence-corrected chi connectivity index (χ3v) is 4.85. The molecule has 0 atom stereocenters. The maximum Gasteiger partial charge on any atom is 0.256 e. The lowest BCUT2D eigenvalue weighted by atomic mass is 10.1. The second-order valence-corrected chi connectivity index (χ2v) is 7.50. The number of nitrogens with zero attached hydrogens (tertiary/aromatic N) is 1. The molecule has 0 aliphatic heterocycles. The van der Waals surface area contributed by atoms with Crippen LogP contribution >= 0.6 is 34.5 Å². The SMILES string of the molecule is Cc1cccc(C)c1NC(=O)CN(C)C(=O)c1cc(Cl)sc1Cl. The molecule has 1 aromatic heterocycles. The molecule has 0 unspecified atom stereocenters. The zero-order chi connectivity index (χ0) is 17.1. The van der Waals surface area contributed by atoms with Crippen molar-refractivity contribution in [2.24, 2.45) is 0 Å². The van der Waals surface area contributed by atoms with Crippen LogP contribution in [0, 0.1) is 13.8 Å². The minimum atomic E-state index is -0.338. The number of benzene rings is 1. The van der Waals surface area contributed by atoms with Crippen LogP contribution < -0.4 is 5.32 Å². The number of aryl methyl sites for hydroxylation is 2. The molecule has 23 heavy (non-hydrogen) atoms. The Bertz CT molecular complexity index is 738. The average molecular weight is 371 g/mol. The summed E-state index contributed by atoms with van der Waals surface area (Å²) in [5.41, 5.74) is 3.03. The number of para-hydroxylation sites is 1. The van der Waals surface area contributed by atoms with Gasteiger partial charge in [0.2, 0.25) is 5.91 Å². The fraction of sp³-hybridized carbons (Fsp3) is 0.250. The summed E-state index contributed by atoms with van der Waals surface area (Å²) in [5, 5.41) is 2.85. The molecule has 1 N–H and O–H groups in total. The highest BCUT2D eigenvalue weighted by Crippen LogP contribution is 2.31.